The molecule has 0 unspecified atom stereocenters. The number of carbonyl (C=O) groups excluding carboxylic acids is 2. The summed E-state index contributed by atoms with van der Waals surface area (Å²) in [6.45, 7) is 8.18. The van der Waals surface area contributed by atoms with Crippen molar-refractivity contribution in [2.24, 2.45) is 5.92 Å². The lowest BCUT2D eigenvalue weighted by Crippen LogP contribution is -2.47. The molecule has 0 spiro atoms. The number of nitriles is 1. The van der Waals surface area contributed by atoms with Crippen LogP contribution in [0.5, 0.6) is 0 Å². The summed E-state index contributed by atoms with van der Waals surface area (Å²) in [5.41, 5.74) is 2.86. The Balaban J connectivity index is 0.000000324. The Kier molecular flexibility index (Phi) is 16.7. The highest BCUT2D eigenvalue weighted by atomic mass is 16.3. The number of hydrogen-bond acceptors (Lipinski definition) is 6. The summed E-state index contributed by atoms with van der Waals surface area (Å²) in [4.78, 5) is 24.4. The Labute approximate surface area is 259 Å². The van der Waals surface area contributed by atoms with Gasteiger partial charge in [-0.15, -0.1) is 0 Å². The van der Waals surface area contributed by atoms with Crippen LogP contribution < -0.4 is 10.6 Å². The molecule has 2 atom stereocenters. The van der Waals surface area contributed by atoms with Gasteiger partial charge in [-0.1, -0.05) is 67.9 Å². The van der Waals surface area contributed by atoms with Crippen molar-refractivity contribution < 1.29 is 19.8 Å². The van der Waals surface area contributed by atoms with E-state index in [0.29, 0.717) is 19.4 Å². The zero-order valence-corrected chi connectivity index (χ0v) is 26.3. The maximum absolute atomic E-state index is 12.6. The van der Waals surface area contributed by atoms with Crippen molar-refractivity contribution >= 4 is 19.0 Å². The summed E-state index contributed by atoms with van der Waals surface area (Å²) in [7, 11) is 0. The molecule has 1 saturated heterocycles. The predicted molar refractivity (Wildman–Crippen MR) is 174 cm³/mol. The van der Waals surface area contributed by atoms with Crippen molar-refractivity contribution in [1.29, 1.82) is 5.26 Å². The van der Waals surface area contributed by atoms with Gasteiger partial charge in [-0.05, 0) is 94.8 Å². The number of amides is 2. The van der Waals surface area contributed by atoms with E-state index in [9.17, 15) is 19.8 Å². The number of aliphatic hydroxyl groups is 2. The molecular weight excluding hydrogens is 539 g/mol. The number of nitrogens with zero attached hydrogens (tertiary/aromatic N) is 2. The summed E-state index contributed by atoms with van der Waals surface area (Å²) in [6, 6.07) is 18.4. The molecule has 0 radical (unpaired) electrons. The Morgan fingerprint density at radius 3 is 2.23 bits per heavy atom. The van der Waals surface area contributed by atoms with Crippen LogP contribution in [-0.2, 0) is 28.9 Å². The first-order valence-electron chi connectivity index (χ1n) is 15.8. The van der Waals surface area contributed by atoms with Crippen molar-refractivity contribution in [3.8, 4) is 5.97 Å². The normalized spacial score (nSPS) is 15.8. The molecule has 0 bridgehead atoms. The van der Waals surface area contributed by atoms with Gasteiger partial charge in [0, 0.05) is 25.0 Å². The predicted octanol–water partition coefficient (Wildman–Crippen LogP) is 4.02. The molecule has 1 fully saturated rings. The lowest BCUT2D eigenvalue weighted by atomic mass is 9.45. The molecule has 4 N–H and O–H groups in total. The van der Waals surface area contributed by atoms with Crippen LogP contribution >= 0.6 is 0 Å². The summed E-state index contributed by atoms with van der Waals surface area (Å²) >= 11 is 0. The second kappa shape index (κ2) is 19.9. The van der Waals surface area contributed by atoms with Crippen LogP contribution in [0.15, 0.2) is 54.6 Å². The van der Waals surface area contributed by atoms with Gasteiger partial charge in [0.2, 0.25) is 12.3 Å². The van der Waals surface area contributed by atoms with E-state index in [1.54, 1.807) is 11.1 Å². The molecule has 43 heavy (non-hydrogen) atoms. The SMILES string of the molecule is CC(C)(O)NC(=O)[C@H](Cc1ccccc1)C[C@H](O)CN1CCB(C#N)CC1.CCCCNC=O.c1ccc2c(c1)CCC2. The second-order valence-electron chi connectivity index (χ2n) is 12.1. The largest absolute Gasteiger partial charge is 0.392 e. The number of benzene rings is 2. The van der Waals surface area contributed by atoms with Crippen LogP contribution in [0.2, 0.25) is 12.6 Å². The van der Waals surface area contributed by atoms with Crippen molar-refractivity contribution in [1.82, 2.24) is 15.5 Å². The maximum Gasteiger partial charge on any atom is 0.270 e. The molecule has 1 aliphatic carbocycles. The molecule has 0 aromatic heterocycles. The molecule has 0 saturated carbocycles. The molecule has 2 aromatic carbocycles. The van der Waals surface area contributed by atoms with Gasteiger partial charge in [0.05, 0.1) is 6.10 Å². The first-order chi connectivity index (χ1) is 20.6. The number of carbonyl (C=O) groups is 2. The topological polar surface area (TPSA) is 126 Å². The van der Waals surface area contributed by atoms with Gasteiger partial charge < -0.3 is 25.7 Å². The van der Waals surface area contributed by atoms with Crippen molar-refractivity contribution in [2.45, 2.75) is 90.2 Å². The summed E-state index contributed by atoms with van der Waals surface area (Å²) in [5.74, 6) is 1.63. The molecule has 234 valence electrons. The van der Waals surface area contributed by atoms with Gasteiger partial charge in [-0.2, -0.15) is 0 Å². The fourth-order valence-corrected chi connectivity index (χ4v) is 5.38. The lowest BCUT2D eigenvalue weighted by molar-refractivity contribution is -0.132. The highest BCUT2D eigenvalue weighted by Gasteiger charge is 2.29. The van der Waals surface area contributed by atoms with E-state index < -0.39 is 17.7 Å². The van der Waals surface area contributed by atoms with Crippen LogP contribution in [0.3, 0.4) is 0 Å². The van der Waals surface area contributed by atoms with E-state index in [2.05, 4.69) is 52.7 Å². The van der Waals surface area contributed by atoms with Crippen LogP contribution in [0.4, 0.5) is 0 Å². The molecular formula is C34H51BN4O4. The van der Waals surface area contributed by atoms with Crippen molar-refractivity contribution in [3.63, 3.8) is 0 Å². The number of aliphatic hydroxyl groups excluding tert-OH is 1. The Bertz CT molecular complexity index is 1090. The number of rotatable bonds is 12. The van der Waals surface area contributed by atoms with Crippen molar-refractivity contribution in [3.05, 3.63) is 71.3 Å². The Morgan fingerprint density at radius 2 is 1.70 bits per heavy atom. The molecule has 2 aromatic rings. The third-order valence-corrected chi connectivity index (χ3v) is 7.69. The average Bonchev–Trinajstić information content (AvgIpc) is 3.47. The quantitative estimate of drug-likeness (QED) is 0.128. The number of β-amino-alcohol motifs (C(OH)–C–C–N with tert-alkyl or cyclic N) is 1. The van der Waals surface area contributed by atoms with E-state index in [-0.39, 0.29) is 12.6 Å². The standard InChI is InChI=1S/C20H30BN3O3.C9H10.C5H11NO/c1-20(2,27)23-19(26)17(12-16-6-4-3-5-7-16)13-18(25)14-24-10-8-21(15-22)9-11-24;1-2-5-9-7-3-6-8(9)4-1;1-2-3-4-6-5-7/h3-7,17-18,25,27H,8-14H2,1-2H3,(H,23,26);1-2,4-5H,3,6-7H2;5H,2-4H2,1H3,(H,6,7)/t17-,18+;;/m1../s1. The van der Waals surface area contributed by atoms with Crippen LogP contribution in [0.25, 0.3) is 0 Å². The van der Waals surface area contributed by atoms with Crippen LogP contribution in [-0.4, -0.2) is 72.2 Å². The monoisotopic (exact) mass is 590 g/mol. The van der Waals surface area contributed by atoms with Gasteiger partial charge in [-0.25, -0.2) is 5.26 Å². The molecule has 4 rings (SSSR count). The van der Waals surface area contributed by atoms with E-state index in [0.717, 1.165) is 57.1 Å². The first-order valence-corrected chi connectivity index (χ1v) is 15.8. The van der Waals surface area contributed by atoms with E-state index >= 15 is 0 Å². The number of nitrogens with one attached hydrogen (secondary N) is 2. The van der Waals surface area contributed by atoms with Crippen LogP contribution in [0, 0.1) is 17.1 Å². The molecule has 1 aliphatic heterocycles. The molecule has 2 amide bonds. The fourth-order valence-electron chi connectivity index (χ4n) is 5.38. The zero-order chi connectivity index (χ0) is 31.5. The van der Waals surface area contributed by atoms with E-state index in [1.165, 1.54) is 33.1 Å². The number of fused-ring (bicyclic) bond motifs is 1. The highest BCUT2D eigenvalue weighted by Crippen LogP contribution is 2.20. The third-order valence-electron chi connectivity index (χ3n) is 7.69. The molecule has 8 nitrogen and oxygen atoms in total. The minimum absolute atomic E-state index is 0.113. The summed E-state index contributed by atoms with van der Waals surface area (Å²) < 4.78 is 0. The van der Waals surface area contributed by atoms with Gasteiger partial charge >= 0.3 is 0 Å². The second-order valence-corrected chi connectivity index (χ2v) is 12.1. The third kappa shape index (κ3) is 15.2. The van der Waals surface area contributed by atoms with Gasteiger partial charge in [0.1, 0.15) is 5.72 Å². The fraction of sp³-hybridized carbons (Fsp3) is 0.559. The molecule has 9 heteroatoms. The number of hydrogen-bond donors (Lipinski definition) is 4. The summed E-state index contributed by atoms with van der Waals surface area (Å²) in [6.07, 6.45) is 8.78. The summed E-state index contributed by atoms with van der Waals surface area (Å²) in [5, 5.41) is 34.7. The average molecular weight is 591 g/mol. The smallest absolute Gasteiger partial charge is 0.270 e. The van der Waals surface area contributed by atoms with Crippen molar-refractivity contribution in [2.75, 3.05) is 26.2 Å². The van der Waals surface area contributed by atoms with E-state index in [1.807, 2.05) is 30.3 Å². The lowest BCUT2D eigenvalue weighted by Gasteiger charge is -2.31. The minimum atomic E-state index is -1.30. The maximum atomic E-state index is 12.6. The van der Waals surface area contributed by atoms with Gasteiger partial charge in [0.25, 0.3) is 6.71 Å². The molecule has 1 heterocycles. The Morgan fingerprint density at radius 1 is 1.09 bits per heavy atom. The molecule has 2 aliphatic rings. The van der Waals surface area contributed by atoms with Gasteiger partial charge in [0.15, 0.2) is 0 Å². The minimum Gasteiger partial charge on any atom is -0.392 e. The van der Waals surface area contributed by atoms with Crippen LogP contribution in [0.1, 0.15) is 63.1 Å². The first kappa shape index (κ1) is 36.0. The zero-order valence-electron chi connectivity index (χ0n) is 26.3. The van der Waals surface area contributed by atoms with E-state index in [4.69, 9.17) is 5.26 Å². The number of aryl methyl sites for hydroxylation is 2. The van der Waals surface area contributed by atoms with Gasteiger partial charge in [-0.3, -0.25) is 9.59 Å². The highest BCUT2D eigenvalue weighted by molar-refractivity contribution is 6.67. The Hall–Kier alpha value is -3.19. The number of unbranched alkanes of at least 4 members (excludes halogenated alkanes) is 1.